The van der Waals surface area contributed by atoms with Crippen LogP contribution < -0.4 is 5.73 Å². The van der Waals surface area contributed by atoms with Crippen LogP contribution in [-0.4, -0.2) is 0 Å². The standard InChI is InChI=1S/C12H15NS/c1-7-4-8(2)12-9(3)11(6-13)14-10(12)5-7/h4-5H,6,13H2,1-3H3. The molecule has 0 aliphatic rings. The summed E-state index contributed by atoms with van der Waals surface area (Å²) >= 11 is 1.83. The molecule has 2 heteroatoms. The van der Waals surface area contributed by atoms with Gasteiger partial charge in [0, 0.05) is 16.1 Å². The Bertz CT molecular complexity index is 483. The number of nitrogens with two attached hydrogens (primary N) is 1. The second-order valence-electron chi connectivity index (χ2n) is 3.81. The lowest BCUT2D eigenvalue weighted by atomic mass is 10.0. The second-order valence-corrected chi connectivity index (χ2v) is 4.95. The van der Waals surface area contributed by atoms with E-state index >= 15 is 0 Å². The van der Waals surface area contributed by atoms with Crippen LogP contribution in [0.1, 0.15) is 21.6 Å². The van der Waals surface area contributed by atoms with Crippen LogP contribution in [0.15, 0.2) is 12.1 Å². The van der Waals surface area contributed by atoms with Gasteiger partial charge in [-0.05, 0) is 48.9 Å². The van der Waals surface area contributed by atoms with E-state index in [4.69, 9.17) is 5.73 Å². The first-order valence-electron chi connectivity index (χ1n) is 4.82. The van der Waals surface area contributed by atoms with E-state index in [-0.39, 0.29) is 0 Å². The Labute approximate surface area is 88.6 Å². The molecule has 0 saturated carbocycles. The molecule has 0 aliphatic heterocycles. The molecule has 0 unspecified atom stereocenters. The third-order valence-electron chi connectivity index (χ3n) is 2.66. The molecule has 2 N–H and O–H groups in total. The van der Waals surface area contributed by atoms with E-state index in [0.29, 0.717) is 6.54 Å². The van der Waals surface area contributed by atoms with Gasteiger partial charge in [0.15, 0.2) is 0 Å². The molecular formula is C12H15NS. The second kappa shape index (κ2) is 3.37. The summed E-state index contributed by atoms with van der Waals surface area (Å²) in [7, 11) is 0. The van der Waals surface area contributed by atoms with Crippen LogP contribution in [0.2, 0.25) is 0 Å². The summed E-state index contributed by atoms with van der Waals surface area (Å²) in [6, 6.07) is 4.49. The summed E-state index contributed by atoms with van der Waals surface area (Å²) in [5.41, 5.74) is 9.78. The molecule has 0 radical (unpaired) electrons. The van der Waals surface area contributed by atoms with E-state index in [1.807, 2.05) is 11.3 Å². The van der Waals surface area contributed by atoms with E-state index in [9.17, 15) is 0 Å². The number of hydrogen-bond donors (Lipinski definition) is 1. The largest absolute Gasteiger partial charge is 0.326 e. The van der Waals surface area contributed by atoms with Crippen LogP contribution in [0.4, 0.5) is 0 Å². The minimum absolute atomic E-state index is 0.656. The van der Waals surface area contributed by atoms with Gasteiger partial charge in [-0.25, -0.2) is 0 Å². The maximum absolute atomic E-state index is 5.71. The molecule has 2 aromatic rings. The van der Waals surface area contributed by atoms with Gasteiger partial charge in [-0.2, -0.15) is 0 Å². The van der Waals surface area contributed by atoms with Crippen molar-refractivity contribution in [3.05, 3.63) is 33.7 Å². The van der Waals surface area contributed by atoms with Crippen LogP contribution in [0, 0.1) is 20.8 Å². The molecule has 1 aromatic heterocycles. The van der Waals surface area contributed by atoms with Gasteiger partial charge < -0.3 is 5.73 Å². The minimum Gasteiger partial charge on any atom is -0.326 e. The smallest absolute Gasteiger partial charge is 0.0354 e. The highest BCUT2D eigenvalue weighted by Crippen LogP contribution is 2.33. The fourth-order valence-electron chi connectivity index (χ4n) is 2.03. The molecule has 1 nitrogen and oxygen atoms in total. The average molecular weight is 205 g/mol. The van der Waals surface area contributed by atoms with Crippen LogP contribution in [0.5, 0.6) is 0 Å². The molecular weight excluding hydrogens is 190 g/mol. The Morgan fingerprint density at radius 2 is 1.93 bits per heavy atom. The van der Waals surface area contributed by atoms with Crippen molar-refractivity contribution in [2.75, 3.05) is 0 Å². The van der Waals surface area contributed by atoms with E-state index in [1.165, 1.54) is 31.7 Å². The van der Waals surface area contributed by atoms with Gasteiger partial charge in [0.2, 0.25) is 0 Å². The zero-order chi connectivity index (χ0) is 10.3. The van der Waals surface area contributed by atoms with E-state index in [2.05, 4.69) is 32.9 Å². The minimum atomic E-state index is 0.656. The first-order chi connectivity index (χ1) is 6.63. The molecule has 0 saturated heterocycles. The highest BCUT2D eigenvalue weighted by Gasteiger charge is 2.09. The number of thiophene rings is 1. The maximum Gasteiger partial charge on any atom is 0.0354 e. The van der Waals surface area contributed by atoms with Crippen molar-refractivity contribution in [1.82, 2.24) is 0 Å². The van der Waals surface area contributed by atoms with Gasteiger partial charge in [0.1, 0.15) is 0 Å². The summed E-state index contributed by atoms with van der Waals surface area (Å²) in [5, 5.41) is 1.40. The molecule has 14 heavy (non-hydrogen) atoms. The van der Waals surface area contributed by atoms with Crippen molar-refractivity contribution >= 4 is 21.4 Å². The van der Waals surface area contributed by atoms with Gasteiger partial charge in [0.05, 0.1) is 0 Å². The molecule has 2 rings (SSSR count). The molecule has 0 aliphatic carbocycles. The van der Waals surface area contributed by atoms with Crippen molar-refractivity contribution < 1.29 is 0 Å². The molecule has 1 heterocycles. The van der Waals surface area contributed by atoms with Crippen molar-refractivity contribution in [1.29, 1.82) is 0 Å². The fraction of sp³-hybridized carbons (Fsp3) is 0.333. The van der Waals surface area contributed by atoms with E-state index in [0.717, 1.165) is 0 Å². The predicted octanol–water partition coefficient (Wildman–Crippen LogP) is 3.29. The quantitative estimate of drug-likeness (QED) is 0.759. The molecule has 0 spiro atoms. The third kappa shape index (κ3) is 1.35. The summed E-state index contributed by atoms with van der Waals surface area (Å²) in [4.78, 5) is 1.31. The highest BCUT2D eigenvalue weighted by molar-refractivity contribution is 7.19. The lowest BCUT2D eigenvalue weighted by molar-refractivity contribution is 1.09. The summed E-state index contributed by atoms with van der Waals surface area (Å²) < 4.78 is 1.38. The number of fused-ring (bicyclic) bond motifs is 1. The molecule has 74 valence electrons. The number of aryl methyl sites for hydroxylation is 3. The van der Waals surface area contributed by atoms with Gasteiger partial charge in [-0.15, -0.1) is 11.3 Å². The van der Waals surface area contributed by atoms with Gasteiger partial charge >= 0.3 is 0 Å². The van der Waals surface area contributed by atoms with E-state index < -0.39 is 0 Å². The number of hydrogen-bond acceptors (Lipinski definition) is 2. The Balaban J connectivity index is 2.85. The van der Waals surface area contributed by atoms with Crippen LogP contribution in [0.25, 0.3) is 10.1 Å². The SMILES string of the molecule is Cc1cc(C)c2c(C)c(CN)sc2c1. The predicted molar refractivity (Wildman–Crippen MR) is 63.9 cm³/mol. The molecule has 0 amide bonds. The molecule has 0 fully saturated rings. The Morgan fingerprint density at radius 1 is 1.21 bits per heavy atom. The molecule has 0 atom stereocenters. The number of benzene rings is 1. The highest BCUT2D eigenvalue weighted by atomic mass is 32.1. The van der Waals surface area contributed by atoms with Crippen molar-refractivity contribution in [3.63, 3.8) is 0 Å². The first-order valence-corrected chi connectivity index (χ1v) is 5.64. The summed E-state index contributed by atoms with van der Waals surface area (Å²) in [6.45, 7) is 7.14. The summed E-state index contributed by atoms with van der Waals surface area (Å²) in [5.74, 6) is 0. The Morgan fingerprint density at radius 3 is 2.57 bits per heavy atom. The lowest BCUT2D eigenvalue weighted by Crippen LogP contribution is -1.94. The lowest BCUT2D eigenvalue weighted by Gasteiger charge is -2.00. The van der Waals surface area contributed by atoms with Gasteiger partial charge in [-0.1, -0.05) is 6.07 Å². The average Bonchev–Trinajstić information content (AvgIpc) is 2.42. The van der Waals surface area contributed by atoms with Crippen molar-refractivity contribution in [3.8, 4) is 0 Å². The van der Waals surface area contributed by atoms with Crippen LogP contribution >= 0.6 is 11.3 Å². The molecule has 1 aromatic carbocycles. The van der Waals surface area contributed by atoms with Crippen molar-refractivity contribution in [2.24, 2.45) is 5.73 Å². The van der Waals surface area contributed by atoms with Gasteiger partial charge in [-0.3, -0.25) is 0 Å². The topological polar surface area (TPSA) is 26.0 Å². The van der Waals surface area contributed by atoms with Crippen LogP contribution in [0.3, 0.4) is 0 Å². The Hall–Kier alpha value is -0.860. The third-order valence-corrected chi connectivity index (χ3v) is 3.92. The van der Waals surface area contributed by atoms with Crippen molar-refractivity contribution in [2.45, 2.75) is 27.3 Å². The zero-order valence-electron chi connectivity index (χ0n) is 8.85. The van der Waals surface area contributed by atoms with Gasteiger partial charge in [0.25, 0.3) is 0 Å². The normalized spacial score (nSPS) is 11.1. The monoisotopic (exact) mass is 205 g/mol. The Kier molecular flexibility index (Phi) is 2.33. The van der Waals surface area contributed by atoms with Crippen LogP contribution in [-0.2, 0) is 6.54 Å². The maximum atomic E-state index is 5.71. The van der Waals surface area contributed by atoms with E-state index in [1.54, 1.807) is 0 Å². The number of rotatable bonds is 1. The fourth-order valence-corrected chi connectivity index (χ4v) is 3.30. The first kappa shape index (κ1) is 9.69. The molecule has 0 bridgehead atoms. The zero-order valence-corrected chi connectivity index (χ0v) is 9.66. The summed E-state index contributed by atoms with van der Waals surface area (Å²) in [6.07, 6.45) is 0.